The predicted octanol–water partition coefficient (Wildman–Crippen LogP) is 6.53. The number of fused-ring (bicyclic) bond motifs is 1. The Hall–Kier alpha value is -3.08. The number of carbonyl (C=O) groups is 1. The van der Waals surface area contributed by atoms with Crippen LogP contribution in [0.4, 0.5) is 10.8 Å². The molecule has 0 radical (unpaired) electrons. The van der Waals surface area contributed by atoms with Gasteiger partial charge in [-0.05, 0) is 37.1 Å². The molecule has 4 aromatic rings. The second-order valence-corrected chi connectivity index (χ2v) is 9.87. The number of amides is 1. The van der Waals surface area contributed by atoms with Gasteiger partial charge in [0.05, 0.1) is 37.5 Å². The van der Waals surface area contributed by atoms with E-state index in [1.807, 2.05) is 4.68 Å². The Balaban J connectivity index is 1.60. The quantitative estimate of drug-likeness (QED) is 0.238. The summed E-state index contributed by atoms with van der Waals surface area (Å²) in [5.41, 5.74) is 1.24. The van der Waals surface area contributed by atoms with E-state index in [1.165, 1.54) is 18.6 Å². The van der Waals surface area contributed by atoms with E-state index >= 15 is 0 Å². The van der Waals surface area contributed by atoms with E-state index in [9.17, 15) is 14.9 Å². The first-order chi connectivity index (χ1) is 16.4. The lowest BCUT2D eigenvalue weighted by molar-refractivity contribution is -0.380. The molecule has 34 heavy (non-hydrogen) atoms. The second kappa shape index (κ2) is 9.28. The molecule has 0 bridgehead atoms. The van der Waals surface area contributed by atoms with Crippen molar-refractivity contribution in [2.75, 3.05) is 5.32 Å². The Morgan fingerprint density at radius 2 is 1.91 bits per heavy atom. The number of halogens is 2. The molecule has 0 saturated heterocycles. The van der Waals surface area contributed by atoms with Gasteiger partial charge in [0.1, 0.15) is 5.82 Å². The topological polar surface area (TPSA) is 116 Å². The maximum absolute atomic E-state index is 12.9. The summed E-state index contributed by atoms with van der Waals surface area (Å²) in [6, 6.07) is 8.02. The number of nitrogens with zero attached hydrogens (tertiary/aromatic N) is 5. The Morgan fingerprint density at radius 1 is 1.12 bits per heavy atom. The van der Waals surface area contributed by atoms with Gasteiger partial charge in [-0.15, -0.1) is 0 Å². The highest BCUT2D eigenvalue weighted by Gasteiger charge is 2.23. The lowest BCUT2D eigenvalue weighted by atomic mass is 9.96. The van der Waals surface area contributed by atoms with Crippen LogP contribution in [0.15, 0.2) is 36.5 Å². The molecule has 1 saturated carbocycles. The zero-order valence-electron chi connectivity index (χ0n) is 17.7. The zero-order chi connectivity index (χ0) is 23.8. The number of carbonyl (C=O) groups excluding carboxylic acids is 1. The van der Waals surface area contributed by atoms with Gasteiger partial charge in [0.15, 0.2) is 11.5 Å². The first-order valence-electron chi connectivity index (χ1n) is 10.7. The number of rotatable bonds is 5. The van der Waals surface area contributed by atoms with Crippen molar-refractivity contribution < 1.29 is 9.72 Å². The molecule has 1 aliphatic carbocycles. The molecule has 0 atom stereocenters. The average molecular weight is 517 g/mol. The van der Waals surface area contributed by atoms with Crippen molar-refractivity contribution in [3.8, 4) is 11.4 Å². The number of anilines is 1. The molecule has 9 nitrogen and oxygen atoms in total. The fourth-order valence-corrected chi connectivity index (χ4v) is 5.11. The number of thiophene rings is 1. The van der Waals surface area contributed by atoms with Crippen molar-refractivity contribution >= 4 is 62.3 Å². The van der Waals surface area contributed by atoms with Gasteiger partial charge >= 0.3 is 5.00 Å². The van der Waals surface area contributed by atoms with Gasteiger partial charge in [-0.1, -0.05) is 53.8 Å². The summed E-state index contributed by atoms with van der Waals surface area (Å²) in [4.78, 5) is 32.9. The Kier molecular flexibility index (Phi) is 6.20. The van der Waals surface area contributed by atoms with Crippen LogP contribution in [0.2, 0.25) is 10.0 Å². The molecule has 0 unspecified atom stereocenters. The first-order valence-corrected chi connectivity index (χ1v) is 12.2. The molecule has 1 N–H and O–H groups in total. The van der Waals surface area contributed by atoms with Crippen LogP contribution in [0.3, 0.4) is 0 Å². The molecule has 3 aromatic heterocycles. The molecule has 1 aliphatic rings. The Morgan fingerprint density at radius 3 is 2.62 bits per heavy atom. The van der Waals surface area contributed by atoms with Gasteiger partial charge in [0, 0.05) is 11.6 Å². The summed E-state index contributed by atoms with van der Waals surface area (Å²) in [6.07, 6.45) is 7.10. The molecule has 5 rings (SSSR count). The van der Waals surface area contributed by atoms with Crippen molar-refractivity contribution in [2.24, 2.45) is 0 Å². The number of hydrogen-bond donors (Lipinski definition) is 1. The second-order valence-electron chi connectivity index (χ2n) is 7.99. The van der Waals surface area contributed by atoms with Gasteiger partial charge in [-0.2, -0.15) is 5.10 Å². The Bertz CT molecular complexity index is 1410. The van der Waals surface area contributed by atoms with Crippen LogP contribution in [-0.2, 0) is 0 Å². The summed E-state index contributed by atoms with van der Waals surface area (Å²) in [5, 5.41) is 19.6. The molecule has 1 fully saturated rings. The maximum Gasteiger partial charge on any atom is 0.324 e. The van der Waals surface area contributed by atoms with Crippen molar-refractivity contribution in [3.05, 3.63) is 61.6 Å². The van der Waals surface area contributed by atoms with Crippen LogP contribution >= 0.6 is 34.5 Å². The van der Waals surface area contributed by atoms with Crippen LogP contribution < -0.4 is 5.32 Å². The van der Waals surface area contributed by atoms with Crippen LogP contribution in [0.5, 0.6) is 0 Å². The minimum absolute atomic E-state index is 0.111. The number of nitrogens with one attached hydrogen (secondary N) is 1. The number of benzene rings is 1. The lowest BCUT2D eigenvalue weighted by Crippen LogP contribution is -2.15. The normalized spacial score (nSPS) is 14.4. The highest BCUT2D eigenvalue weighted by molar-refractivity contribution is 7.17. The molecule has 12 heteroatoms. The molecule has 0 spiro atoms. The molecule has 1 aromatic carbocycles. The number of hydrogen-bond acceptors (Lipinski definition) is 7. The highest BCUT2D eigenvalue weighted by Crippen LogP contribution is 2.34. The smallest absolute Gasteiger partial charge is 0.305 e. The van der Waals surface area contributed by atoms with Crippen LogP contribution in [0, 0.1) is 10.1 Å². The monoisotopic (exact) mass is 516 g/mol. The molecule has 1 amide bonds. The summed E-state index contributed by atoms with van der Waals surface area (Å²) >= 11 is 13.1. The van der Waals surface area contributed by atoms with Gasteiger partial charge in [-0.3, -0.25) is 14.9 Å². The van der Waals surface area contributed by atoms with Crippen molar-refractivity contribution in [1.82, 2.24) is 19.7 Å². The van der Waals surface area contributed by atoms with Gasteiger partial charge in [0.25, 0.3) is 5.91 Å². The van der Waals surface area contributed by atoms with Gasteiger partial charge in [0.2, 0.25) is 0 Å². The van der Waals surface area contributed by atoms with E-state index in [1.54, 1.807) is 24.4 Å². The van der Waals surface area contributed by atoms with Crippen molar-refractivity contribution in [2.45, 2.75) is 38.1 Å². The third-order valence-electron chi connectivity index (χ3n) is 5.78. The third kappa shape index (κ3) is 4.36. The molecular formula is C22H18Cl2N6O3S. The number of aromatic nitrogens is 4. The molecule has 3 heterocycles. The summed E-state index contributed by atoms with van der Waals surface area (Å²) in [7, 11) is 0. The largest absolute Gasteiger partial charge is 0.324 e. The van der Waals surface area contributed by atoms with E-state index in [0.29, 0.717) is 32.5 Å². The first kappa shape index (κ1) is 22.7. The predicted molar refractivity (Wildman–Crippen MR) is 132 cm³/mol. The van der Waals surface area contributed by atoms with E-state index in [2.05, 4.69) is 15.4 Å². The van der Waals surface area contributed by atoms with E-state index in [-0.39, 0.29) is 21.7 Å². The third-order valence-corrected chi connectivity index (χ3v) is 7.55. The summed E-state index contributed by atoms with van der Waals surface area (Å²) in [5.74, 6) is 0.133. The standard InChI is InChI=1S/C22H18Cl2N6O3S/c23-15-7-6-12(10-16(15)24)19-26-20(28-22(31)17-8-9-18(34-17)30(32)33)14-11-25-29(21(14)27-19)13-4-2-1-3-5-13/h6-11,13H,1-5H2,(H,26,27,28,31). The Labute approximate surface area is 207 Å². The SMILES string of the molecule is O=C(Nc1nc(-c2ccc(Cl)c(Cl)c2)nc2c1cnn2C1CCCCC1)c1ccc([N+](=O)[O-])s1. The van der Waals surface area contributed by atoms with Gasteiger partial charge in [-0.25, -0.2) is 14.6 Å². The van der Waals surface area contributed by atoms with E-state index in [4.69, 9.17) is 28.2 Å². The highest BCUT2D eigenvalue weighted by atomic mass is 35.5. The minimum Gasteiger partial charge on any atom is -0.305 e. The van der Waals surface area contributed by atoms with E-state index in [0.717, 1.165) is 37.0 Å². The fraction of sp³-hybridized carbons (Fsp3) is 0.273. The average Bonchev–Trinajstić information content (AvgIpc) is 3.49. The van der Waals surface area contributed by atoms with Crippen LogP contribution in [0.1, 0.15) is 47.8 Å². The number of nitro groups is 1. The zero-order valence-corrected chi connectivity index (χ0v) is 20.0. The van der Waals surface area contributed by atoms with Crippen LogP contribution in [0.25, 0.3) is 22.4 Å². The summed E-state index contributed by atoms with van der Waals surface area (Å²) < 4.78 is 1.91. The fourth-order valence-electron chi connectivity index (χ4n) is 4.10. The molecular weight excluding hydrogens is 499 g/mol. The molecule has 174 valence electrons. The van der Waals surface area contributed by atoms with Crippen molar-refractivity contribution in [3.63, 3.8) is 0 Å². The maximum atomic E-state index is 12.9. The van der Waals surface area contributed by atoms with Crippen LogP contribution in [-0.4, -0.2) is 30.6 Å². The van der Waals surface area contributed by atoms with Crippen molar-refractivity contribution in [1.29, 1.82) is 0 Å². The lowest BCUT2D eigenvalue weighted by Gasteiger charge is -2.22. The summed E-state index contributed by atoms with van der Waals surface area (Å²) in [6.45, 7) is 0. The minimum atomic E-state index is -0.527. The molecule has 0 aliphatic heterocycles. The van der Waals surface area contributed by atoms with Gasteiger partial charge < -0.3 is 5.32 Å². The van der Waals surface area contributed by atoms with E-state index < -0.39 is 10.8 Å².